The number of ether oxygens (including phenoxy) is 4. The van der Waals surface area contributed by atoms with E-state index in [1.807, 2.05) is 39.8 Å². The van der Waals surface area contributed by atoms with Crippen LogP contribution < -0.4 is 14.2 Å². The molecule has 1 rings (SSSR count). The summed E-state index contributed by atoms with van der Waals surface area (Å²) in [6.45, 7) is 11.8. The first-order valence-electron chi connectivity index (χ1n) is 10.0. The van der Waals surface area contributed by atoms with Crippen LogP contribution in [0.15, 0.2) is 18.2 Å². The average Bonchev–Trinajstić information content (AvgIpc) is 2.67. The molecule has 0 aliphatic carbocycles. The molecule has 5 nitrogen and oxygen atoms in total. The van der Waals surface area contributed by atoms with Crippen LogP contribution in [0, 0.1) is 0 Å². The third kappa shape index (κ3) is 8.37. The molecule has 0 aromatic heterocycles. The molecule has 0 aliphatic heterocycles. The van der Waals surface area contributed by atoms with Gasteiger partial charge >= 0.3 is 5.97 Å². The Bertz CT molecular complexity index is 565. The number of hydrogen-bond acceptors (Lipinski definition) is 5. The zero-order valence-corrected chi connectivity index (χ0v) is 17.4. The maximum Gasteiger partial charge on any atom is 0.331 e. The Morgan fingerprint density at radius 1 is 0.926 bits per heavy atom. The number of hydrogen-bond donors (Lipinski definition) is 0. The van der Waals surface area contributed by atoms with Gasteiger partial charge in [0.2, 0.25) is 0 Å². The minimum atomic E-state index is -0.376. The summed E-state index contributed by atoms with van der Waals surface area (Å²) >= 11 is 0. The van der Waals surface area contributed by atoms with Crippen molar-refractivity contribution in [1.29, 1.82) is 0 Å². The molecule has 0 spiro atoms. The van der Waals surface area contributed by atoms with E-state index < -0.39 is 0 Å². The lowest BCUT2D eigenvalue weighted by Gasteiger charge is -2.16. The number of carbonyl (C=O) groups excluding carboxylic acids is 1. The monoisotopic (exact) mass is 378 g/mol. The zero-order chi connectivity index (χ0) is 20.1. The molecular weight excluding hydrogens is 344 g/mol. The van der Waals surface area contributed by atoms with E-state index in [-0.39, 0.29) is 12.1 Å². The van der Waals surface area contributed by atoms with Crippen molar-refractivity contribution in [2.24, 2.45) is 0 Å². The van der Waals surface area contributed by atoms with Crippen molar-refractivity contribution in [3.8, 4) is 17.2 Å². The predicted octanol–water partition coefficient (Wildman–Crippen LogP) is 5.41. The van der Waals surface area contributed by atoms with Gasteiger partial charge in [-0.15, -0.1) is 0 Å². The Morgan fingerprint density at radius 3 is 1.93 bits per heavy atom. The molecule has 0 saturated carbocycles. The molecule has 0 saturated heterocycles. The second-order valence-corrected chi connectivity index (χ2v) is 6.37. The van der Waals surface area contributed by atoms with Crippen molar-refractivity contribution < 1.29 is 23.7 Å². The molecule has 0 fully saturated rings. The van der Waals surface area contributed by atoms with Gasteiger partial charge < -0.3 is 18.9 Å². The third-order valence-corrected chi connectivity index (χ3v) is 3.75. The van der Waals surface area contributed by atoms with Crippen molar-refractivity contribution in [3.63, 3.8) is 0 Å². The maximum absolute atomic E-state index is 12.0. The highest BCUT2D eigenvalue weighted by molar-refractivity contribution is 5.88. The van der Waals surface area contributed by atoms with Gasteiger partial charge in [-0.2, -0.15) is 0 Å². The molecule has 1 aromatic rings. The smallest absolute Gasteiger partial charge is 0.331 e. The first-order chi connectivity index (χ1) is 13.0. The van der Waals surface area contributed by atoms with Crippen LogP contribution in [0.3, 0.4) is 0 Å². The van der Waals surface area contributed by atoms with Gasteiger partial charge in [0.25, 0.3) is 0 Å². The zero-order valence-electron chi connectivity index (χ0n) is 17.4. The highest BCUT2D eigenvalue weighted by atomic mass is 16.5. The molecule has 0 amide bonds. The highest BCUT2D eigenvalue weighted by Crippen LogP contribution is 2.36. The fraction of sp³-hybridized carbons (Fsp3) is 0.591. The second kappa shape index (κ2) is 13.1. The Balaban J connectivity index is 3.18. The Kier molecular flexibility index (Phi) is 11.1. The lowest BCUT2D eigenvalue weighted by atomic mass is 10.1. The van der Waals surface area contributed by atoms with Gasteiger partial charge in [0.1, 0.15) is 17.2 Å². The largest absolute Gasteiger partial charge is 0.493 e. The lowest BCUT2D eigenvalue weighted by molar-refractivity contribution is -0.142. The van der Waals surface area contributed by atoms with Crippen molar-refractivity contribution >= 4 is 12.0 Å². The van der Waals surface area contributed by atoms with Gasteiger partial charge in [-0.25, -0.2) is 4.79 Å². The molecular formula is C22H34O5. The molecule has 0 N–H and O–H groups in total. The van der Waals surface area contributed by atoms with Gasteiger partial charge in [0.15, 0.2) is 0 Å². The van der Waals surface area contributed by atoms with E-state index in [2.05, 4.69) is 6.92 Å². The molecule has 1 unspecified atom stereocenters. The van der Waals surface area contributed by atoms with Crippen LogP contribution in [0.5, 0.6) is 17.2 Å². The summed E-state index contributed by atoms with van der Waals surface area (Å²) in [6, 6.07) is 3.70. The number of carbonyl (C=O) groups is 1. The maximum atomic E-state index is 12.0. The fourth-order valence-electron chi connectivity index (χ4n) is 2.18. The SMILES string of the molecule is CCCOc1cc(OCCC)c(C=CC(=O)OC(C)CC)c(OCCC)c1. The van der Waals surface area contributed by atoms with Crippen LogP contribution >= 0.6 is 0 Å². The van der Waals surface area contributed by atoms with E-state index in [0.717, 1.165) is 31.2 Å². The Morgan fingerprint density at radius 2 is 1.44 bits per heavy atom. The highest BCUT2D eigenvalue weighted by Gasteiger charge is 2.14. The fourth-order valence-corrected chi connectivity index (χ4v) is 2.18. The molecule has 152 valence electrons. The van der Waals surface area contributed by atoms with Crippen LogP contribution in [0.1, 0.15) is 65.9 Å². The summed E-state index contributed by atoms with van der Waals surface area (Å²) in [4.78, 5) is 12.0. The van der Waals surface area contributed by atoms with Crippen LogP contribution in [0.25, 0.3) is 6.08 Å². The van der Waals surface area contributed by atoms with E-state index in [9.17, 15) is 4.79 Å². The van der Waals surface area contributed by atoms with Crippen molar-refractivity contribution in [2.45, 2.75) is 66.4 Å². The van der Waals surface area contributed by atoms with Crippen molar-refractivity contribution in [1.82, 2.24) is 0 Å². The first-order valence-corrected chi connectivity index (χ1v) is 10.0. The molecule has 0 heterocycles. The van der Waals surface area contributed by atoms with Crippen molar-refractivity contribution in [3.05, 3.63) is 23.8 Å². The average molecular weight is 379 g/mol. The third-order valence-electron chi connectivity index (χ3n) is 3.75. The van der Waals surface area contributed by atoms with Crippen LogP contribution in [0.4, 0.5) is 0 Å². The number of esters is 1. The molecule has 27 heavy (non-hydrogen) atoms. The van der Waals surface area contributed by atoms with Crippen LogP contribution in [0.2, 0.25) is 0 Å². The first kappa shape index (κ1) is 22.9. The predicted molar refractivity (Wildman–Crippen MR) is 109 cm³/mol. The van der Waals surface area contributed by atoms with Gasteiger partial charge in [-0.05, 0) is 38.7 Å². The number of benzene rings is 1. The van der Waals surface area contributed by atoms with Gasteiger partial charge in [-0.3, -0.25) is 0 Å². The quantitative estimate of drug-likeness (QED) is 0.339. The standard InChI is InChI=1S/C22H34O5/c1-6-12-24-18-15-20(25-13-7-2)19(21(16-18)26-14-8-3)10-11-22(23)27-17(5)9-4/h10-11,15-17H,6-9,12-14H2,1-5H3. The minimum Gasteiger partial charge on any atom is -0.493 e. The Hall–Kier alpha value is -2.17. The Labute approximate surface area is 163 Å². The number of rotatable bonds is 13. The second-order valence-electron chi connectivity index (χ2n) is 6.37. The summed E-state index contributed by atoms with van der Waals surface area (Å²) in [6.07, 6.45) is 6.46. The van der Waals surface area contributed by atoms with E-state index >= 15 is 0 Å². The van der Waals surface area contributed by atoms with Gasteiger partial charge in [0.05, 0.1) is 31.5 Å². The summed E-state index contributed by atoms with van der Waals surface area (Å²) in [5, 5.41) is 0. The summed E-state index contributed by atoms with van der Waals surface area (Å²) in [7, 11) is 0. The molecule has 0 bridgehead atoms. The topological polar surface area (TPSA) is 54.0 Å². The molecule has 0 radical (unpaired) electrons. The van der Waals surface area contributed by atoms with E-state index in [0.29, 0.717) is 37.1 Å². The molecule has 1 atom stereocenters. The normalized spacial score (nSPS) is 12.0. The van der Waals surface area contributed by atoms with Crippen molar-refractivity contribution in [2.75, 3.05) is 19.8 Å². The molecule has 1 aromatic carbocycles. The van der Waals surface area contributed by atoms with Crippen LogP contribution in [-0.4, -0.2) is 31.9 Å². The van der Waals surface area contributed by atoms with E-state index in [4.69, 9.17) is 18.9 Å². The van der Waals surface area contributed by atoms with Gasteiger partial charge in [0, 0.05) is 18.2 Å². The lowest BCUT2D eigenvalue weighted by Crippen LogP contribution is -2.11. The summed E-state index contributed by atoms with van der Waals surface area (Å²) in [5.41, 5.74) is 0.724. The summed E-state index contributed by atoms with van der Waals surface area (Å²) in [5.74, 6) is 1.61. The summed E-state index contributed by atoms with van der Waals surface area (Å²) < 4.78 is 22.9. The van der Waals surface area contributed by atoms with E-state index in [1.165, 1.54) is 6.08 Å². The van der Waals surface area contributed by atoms with E-state index in [1.54, 1.807) is 6.08 Å². The van der Waals surface area contributed by atoms with Gasteiger partial charge in [-0.1, -0.05) is 27.7 Å². The minimum absolute atomic E-state index is 0.112. The molecule has 0 aliphatic rings. The van der Waals surface area contributed by atoms with Crippen LogP contribution in [-0.2, 0) is 9.53 Å². The molecule has 5 heteroatoms.